The molecule has 0 unspecified atom stereocenters. The van der Waals surface area contributed by atoms with Crippen molar-refractivity contribution in [2.24, 2.45) is 0 Å². The van der Waals surface area contributed by atoms with Gasteiger partial charge in [0, 0.05) is 18.9 Å². The minimum absolute atomic E-state index is 0.126. The second-order valence-corrected chi connectivity index (χ2v) is 4.14. The van der Waals surface area contributed by atoms with Gasteiger partial charge in [-0.15, -0.1) is 0 Å². The Kier molecular flexibility index (Phi) is 3.79. The van der Waals surface area contributed by atoms with Crippen molar-refractivity contribution in [2.75, 3.05) is 6.54 Å². The van der Waals surface area contributed by atoms with E-state index in [1.807, 2.05) is 6.92 Å². The van der Waals surface area contributed by atoms with Crippen LogP contribution >= 0.6 is 0 Å². The summed E-state index contributed by atoms with van der Waals surface area (Å²) in [5.41, 5.74) is 1.38. The second kappa shape index (κ2) is 5.52. The maximum absolute atomic E-state index is 11.7. The molecule has 7 nitrogen and oxygen atoms in total. The summed E-state index contributed by atoms with van der Waals surface area (Å²) in [6.45, 7) is 3.94. The zero-order chi connectivity index (χ0) is 14.7. The van der Waals surface area contributed by atoms with E-state index in [-0.39, 0.29) is 17.2 Å². The first kappa shape index (κ1) is 13.7. The quantitative estimate of drug-likeness (QED) is 0.867. The van der Waals surface area contributed by atoms with Gasteiger partial charge >= 0.3 is 5.97 Å². The first-order chi connectivity index (χ1) is 9.52. The number of aryl methyl sites for hydroxylation is 1. The first-order valence-corrected chi connectivity index (χ1v) is 6.07. The molecule has 0 saturated carbocycles. The van der Waals surface area contributed by atoms with Crippen LogP contribution in [0.15, 0.2) is 24.5 Å². The Hall–Kier alpha value is -2.70. The number of hydrogen-bond acceptors (Lipinski definition) is 4. The van der Waals surface area contributed by atoms with Crippen molar-refractivity contribution in [3.63, 3.8) is 0 Å². The lowest BCUT2D eigenvalue weighted by molar-refractivity contribution is 0.0696. The SMILES string of the molecule is CCNC(=O)c1cc(-n2cc(C(=O)O)c(C)n2)ccn1. The molecule has 0 aliphatic carbocycles. The number of carboxylic acids is 1. The Balaban J connectivity index is 2.38. The number of pyridine rings is 1. The van der Waals surface area contributed by atoms with Crippen molar-refractivity contribution in [3.8, 4) is 5.69 Å². The molecule has 0 saturated heterocycles. The zero-order valence-corrected chi connectivity index (χ0v) is 11.1. The minimum Gasteiger partial charge on any atom is -0.478 e. The highest BCUT2D eigenvalue weighted by molar-refractivity contribution is 5.92. The van der Waals surface area contributed by atoms with Crippen LogP contribution in [-0.4, -0.2) is 38.3 Å². The molecule has 0 fully saturated rings. The van der Waals surface area contributed by atoms with Gasteiger partial charge in [0.05, 0.1) is 11.4 Å². The number of carbonyl (C=O) groups excluding carboxylic acids is 1. The largest absolute Gasteiger partial charge is 0.478 e. The number of amides is 1. The van der Waals surface area contributed by atoms with Gasteiger partial charge in [0.25, 0.3) is 5.91 Å². The normalized spacial score (nSPS) is 10.3. The highest BCUT2D eigenvalue weighted by Crippen LogP contribution is 2.12. The summed E-state index contributed by atoms with van der Waals surface area (Å²) in [5.74, 6) is -1.32. The van der Waals surface area contributed by atoms with E-state index >= 15 is 0 Å². The molecule has 0 bridgehead atoms. The topological polar surface area (TPSA) is 97.1 Å². The number of carbonyl (C=O) groups is 2. The molecular weight excluding hydrogens is 260 g/mol. The fraction of sp³-hybridized carbons (Fsp3) is 0.231. The van der Waals surface area contributed by atoms with Crippen LogP contribution in [0.3, 0.4) is 0 Å². The third-order valence-electron chi connectivity index (χ3n) is 2.71. The van der Waals surface area contributed by atoms with Gasteiger partial charge in [-0.05, 0) is 26.0 Å². The number of aromatic carboxylic acids is 1. The predicted octanol–water partition coefficient (Wildman–Crippen LogP) is 1.02. The van der Waals surface area contributed by atoms with Crippen molar-refractivity contribution in [3.05, 3.63) is 41.5 Å². The van der Waals surface area contributed by atoms with Crippen molar-refractivity contribution in [2.45, 2.75) is 13.8 Å². The molecule has 0 aliphatic rings. The monoisotopic (exact) mass is 274 g/mol. The summed E-state index contributed by atoms with van der Waals surface area (Å²) in [6.07, 6.45) is 2.89. The number of nitrogens with one attached hydrogen (secondary N) is 1. The molecule has 104 valence electrons. The van der Waals surface area contributed by atoms with Gasteiger partial charge in [-0.1, -0.05) is 0 Å². The maximum atomic E-state index is 11.7. The lowest BCUT2D eigenvalue weighted by atomic mass is 10.3. The highest BCUT2D eigenvalue weighted by Gasteiger charge is 2.14. The minimum atomic E-state index is -1.04. The Morgan fingerprint density at radius 1 is 1.45 bits per heavy atom. The van der Waals surface area contributed by atoms with E-state index in [1.54, 1.807) is 19.1 Å². The molecule has 1 amide bonds. The average molecular weight is 274 g/mol. The summed E-state index contributed by atoms with van der Waals surface area (Å²) in [5, 5.41) is 15.8. The third kappa shape index (κ3) is 2.66. The molecule has 0 spiro atoms. The van der Waals surface area contributed by atoms with Gasteiger partial charge in [-0.2, -0.15) is 5.10 Å². The lowest BCUT2D eigenvalue weighted by Gasteiger charge is -2.04. The average Bonchev–Trinajstić information content (AvgIpc) is 2.81. The van der Waals surface area contributed by atoms with Gasteiger partial charge in [-0.3, -0.25) is 9.78 Å². The van der Waals surface area contributed by atoms with Crippen molar-refractivity contribution in [1.29, 1.82) is 0 Å². The molecule has 2 N–H and O–H groups in total. The Bertz CT molecular complexity index is 663. The molecule has 2 aromatic heterocycles. The fourth-order valence-corrected chi connectivity index (χ4v) is 1.74. The van der Waals surface area contributed by atoms with Gasteiger partial charge in [0.2, 0.25) is 0 Å². The van der Waals surface area contributed by atoms with Crippen LogP contribution in [0.4, 0.5) is 0 Å². The molecule has 7 heteroatoms. The molecule has 0 atom stereocenters. The summed E-state index contributed by atoms with van der Waals surface area (Å²) >= 11 is 0. The first-order valence-electron chi connectivity index (χ1n) is 6.07. The lowest BCUT2D eigenvalue weighted by Crippen LogP contribution is -2.23. The zero-order valence-electron chi connectivity index (χ0n) is 11.1. The molecule has 2 rings (SSSR count). The number of carboxylic acid groups (broad SMARTS) is 1. The van der Waals surface area contributed by atoms with Gasteiger partial charge in [0.15, 0.2) is 0 Å². The van der Waals surface area contributed by atoms with Gasteiger partial charge < -0.3 is 10.4 Å². The molecule has 0 radical (unpaired) electrons. The van der Waals surface area contributed by atoms with E-state index in [2.05, 4.69) is 15.4 Å². The van der Waals surface area contributed by atoms with Crippen LogP contribution in [0, 0.1) is 6.92 Å². The fourth-order valence-electron chi connectivity index (χ4n) is 1.74. The summed E-state index contributed by atoms with van der Waals surface area (Å²) in [6, 6.07) is 3.21. The van der Waals surface area contributed by atoms with Crippen LogP contribution in [0.5, 0.6) is 0 Å². The third-order valence-corrected chi connectivity index (χ3v) is 2.71. The molecule has 2 heterocycles. The van der Waals surface area contributed by atoms with Crippen LogP contribution in [0.25, 0.3) is 5.69 Å². The standard InChI is InChI=1S/C13H14N4O3/c1-3-14-12(18)11-6-9(4-5-15-11)17-7-10(13(19)20)8(2)16-17/h4-7H,3H2,1-2H3,(H,14,18)(H,19,20). The number of aromatic nitrogens is 3. The summed E-state index contributed by atoms with van der Waals surface area (Å²) in [7, 11) is 0. The highest BCUT2D eigenvalue weighted by atomic mass is 16.4. The Morgan fingerprint density at radius 3 is 2.80 bits per heavy atom. The summed E-state index contributed by atoms with van der Waals surface area (Å²) in [4.78, 5) is 26.7. The molecular formula is C13H14N4O3. The molecule has 0 aliphatic heterocycles. The summed E-state index contributed by atoms with van der Waals surface area (Å²) < 4.78 is 1.42. The number of rotatable bonds is 4. The van der Waals surface area contributed by atoms with Crippen molar-refractivity contribution in [1.82, 2.24) is 20.1 Å². The van der Waals surface area contributed by atoms with E-state index in [4.69, 9.17) is 5.11 Å². The molecule has 20 heavy (non-hydrogen) atoms. The van der Waals surface area contributed by atoms with Crippen molar-refractivity contribution < 1.29 is 14.7 Å². The Labute approximate surface area is 115 Å². The predicted molar refractivity (Wildman–Crippen MR) is 71.1 cm³/mol. The number of hydrogen-bond donors (Lipinski definition) is 2. The van der Waals surface area contributed by atoms with Gasteiger partial charge in [0.1, 0.15) is 11.3 Å². The second-order valence-electron chi connectivity index (χ2n) is 4.14. The van der Waals surface area contributed by atoms with Crippen molar-refractivity contribution >= 4 is 11.9 Å². The van der Waals surface area contributed by atoms with Crippen LogP contribution in [0.2, 0.25) is 0 Å². The van der Waals surface area contributed by atoms with Crippen LogP contribution in [-0.2, 0) is 0 Å². The van der Waals surface area contributed by atoms with E-state index in [0.29, 0.717) is 17.9 Å². The molecule has 0 aromatic carbocycles. The van der Waals surface area contributed by atoms with E-state index < -0.39 is 5.97 Å². The van der Waals surface area contributed by atoms with E-state index in [9.17, 15) is 9.59 Å². The van der Waals surface area contributed by atoms with Crippen LogP contribution in [0.1, 0.15) is 33.5 Å². The maximum Gasteiger partial charge on any atom is 0.339 e. The van der Waals surface area contributed by atoms with Gasteiger partial charge in [-0.25, -0.2) is 9.48 Å². The van der Waals surface area contributed by atoms with Crippen LogP contribution < -0.4 is 5.32 Å². The molecule has 2 aromatic rings. The van der Waals surface area contributed by atoms with E-state index in [1.165, 1.54) is 17.1 Å². The smallest absolute Gasteiger partial charge is 0.339 e. The number of nitrogens with zero attached hydrogens (tertiary/aromatic N) is 3. The Morgan fingerprint density at radius 2 is 2.20 bits per heavy atom. The van der Waals surface area contributed by atoms with E-state index in [0.717, 1.165) is 0 Å².